The zero-order valence-electron chi connectivity index (χ0n) is 14.9. The molecule has 0 bridgehead atoms. The molecule has 2 N–H and O–H groups in total. The first-order valence-corrected chi connectivity index (χ1v) is 8.41. The van der Waals surface area contributed by atoms with E-state index in [1.54, 1.807) is 7.11 Å². The second-order valence-corrected chi connectivity index (χ2v) is 6.19. The van der Waals surface area contributed by atoms with E-state index >= 15 is 0 Å². The summed E-state index contributed by atoms with van der Waals surface area (Å²) >= 11 is 0. The van der Waals surface area contributed by atoms with Crippen molar-refractivity contribution in [1.29, 1.82) is 0 Å². The molecule has 2 aromatic rings. The van der Waals surface area contributed by atoms with Gasteiger partial charge in [0.15, 0.2) is 0 Å². The molecule has 0 aromatic heterocycles. The van der Waals surface area contributed by atoms with Crippen LogP contribution in [0.25, 0.3) is 0 Å². The van der Waals surface area contributed by atoms with Gasteiger partial charge in [-0.15, -0.1) is 0 Å². The minimum absolute atomic E-state index is 0.105. The molecule has 0 saturated heterocycles. The Balaban J connectivity index is 1.71. The van der Waals surface area contributed by atoms with Gasteiger partial charge < -0.3 is 15.4 Å². The molecule has 5 nitrogen and oxygen atoms in total. The number of carbonyl (C=O) groups is 2. The Labute approximate surface area is 152 Å². The van der Waals surface area contributed by atoms with Crippen LogP contribution in [0.2, 0.25) is 0 Å². The number of hydrogen-bond acceptors (Lipinski definition) is 3. The molecule has 0 aliphatic carbocycles. The zero-order valence-corrected chi connectivity index (χ0v) is 14.9. The maximum atomic E-state index is 12.8. The molecule has 1 atom stereocenters. The van der Waals surface area contributed by atoms with Gasteiger partial charge in [0, 0.05) is 25.1 Å². The van der Waals surface area contributed by atoms with Crippen molar-refractivity contribution in [1.82, 2.24) is 5.32 Å². The molecule has 0 aliphatic rings. The van der Waals surface area contributed by atoms with Gasteiger partial charge >= 0.3 is 0 Å². The summed E-state index contributed by atoms with van der Waals surface area (Å²) in [4.78, 5) is 24.0. The van der Waals surface area contributed by atoms with Crippen LogP contribution < -0.4 is 15.4 Å². The van der Waals surface area contributed by atoms with E-state index in [2.05, 4.69) is 10.6 Å². The molecule has 0 radical (unpaired) electrons. The van der Waals surface area contributed by atoms with Crippen LogP contribution in [-0.4, -0.2) is 18.9 Å². The van der Waals surface area contributed by atoms with E-state index in [0.29, 0.717) is 12.2 Å². The Morgan fingerprint density at radius 1 is 1.00 bits per heavy atom. The number of nitrogens with one attached hydrogen (secondary N) is 2. The first-order valence-electron chi connectivity index (χ1n) is 8.41. The van der Waals surface area contributed by atoms with Crippen LogP contribution in [0.5, 0.6) is 5.75 Å². The van der Waals surface area contributed by atoms with E-state index in [4.69, 9.17) is 4.74 Å². The van der Waals surface area contributed by atoms with Crippen molar-refractivity contribution in [2.75, 3.05) is 12.4 Å². The summed E-state index contributed by atoms with van der Waals surface area (Å²) in [6.45, 7) is 2.27. The number of hydrogen-bond donors (Lipinski definition) is 2. The second-order valence-electron chi connectivity index (χ2n) is 6.19. The van der Waals surface area contributed by atoms with Crippen LogP contribution in [0.4, 0.5) is 10.1 Å². The van der Waals surface area contributed by atoms with E-state index in [0.717, 1.165) is 11.3 Å². The Hall–Kier alpha value is -2.89. The zero-order chi connectivity index (χ0) is 18.9. The smallest absolute Gasteiger partial charge is 0.224 e. The Morgan fingerprint density at radius 2 is 1.62 bits per heavy atom. The van der Waals surface area contributed by atoms with Crippen LogP contribution >= 0.6 is 0 Å². The molecule has 0 heterocycles. The number of benzene rings is 2. The van der Waals surface area contributed by atoms with Gasteiger partial charge in [-0.3, -0.25) is 9.59 Å². The molecule has 2 amide bonds. The van der Waals surface area contributed by atoms with Gasteiger partial charge in [0.05, 0.1) is 7.11 Å². The van der Waals surface area contributed by atoms with Gasteiger partial charge in [-0.05, 0) is 47.9 Å². The summed E-state index contributed by atoms with van der Waals surface area (Å²) in [5, 5.41) is 5.54. The molecule has 6 heteroatoms. The number of carbonyl (C=O) groups excluding carboxylic acids is 2. The van der Waals surface area contributed by atoms with Gasteiger partial charge in [0.1, 0.15) is 11.6 Å². The normalized spacial score (nSPS) is 11.5. The number of amides is 2. The molecule has 0 saturated carbocycles. The Morgan fingerprint density at radius 3 is 2.23 bits per heavy atom. The highest BCUT2D eigenvalue weighted by molar-refractivity contribution is 5.91. The summed E-state index contributed by atoms with van der Waals surface area (Å²) in [6, 6.07) is 13.0. The highest BCUT2D eigenvalue weighted by Gasteiger charge is 2.13. The van der Waals surface area contributed by atoms with Gasteiger partial charge in [0.2, 0.25) is 11.8 Å². The standard InChI is InChI=1S/C20H23FN2O3/c1-14(12-20(25)23-17-7-5-16(21)6-8-17)11-19(24)22-13-15-3-9-18(26-2)10-4-15/h3-10,14H,11-13H2,1-2H3,(H,22,24)(H,23,25)/t14-/m1/s1. The lowest BCUT2D eigenvalue weighted by molar-refractivity contribution is -0.122. The summed E-state index contributed by atoms with van der Waals surface area (Å²) < 4.78 is 17.9. The molecule has 0 fully saturated rings. The fourth-order valence-electron chi connectivity index (χ4n) is 2.47. The van der Waals surface area contributed by atoms with Crippen molar-refractivity contribution >= 4 is 17.5 Å². The minimum atomic E-state index is -0.357. The Bertz CT molecular complexity index is 730. The third kappa shape index (κ3) is 6.55. The molecule has 2 aromatic carbocycles. The summed E-state index contributed by atoms with van der Waals surface area (Å²) in [5.74, 6) is -0.00737. The van der Waals surface area contributed by atoms with Crippen LogP contribution in [0, 0.1) is 11.7 Å². The molecule has 138 valence electrons. The Kier molecular flexibility index (Phi) is 7.14. The van der Waals surface area contributed by atoms with Crippen LogP contribution in [0.1, 0.15) is 25.3 Å². The third-order valence-corrected chi connectivity index (χ3v) is 3.84. The fourth-order valence-corrected chi connectivity index (χ4v) is 2.47. The second kappa shape index (κ2) is 9.56. The summed E-state index contributed by atoms with van der Waals surface area (Å²) in [7, 11) is 1.60. The SMILES string of the molecule is COc1ccc(CNC(=O)C[C@@H](C)CC(=O)Nc2ccc(F)cc2)cc1. The number of rotatable bonds is 8. The van der Waals surface area contributed by atoms with Gasteiger partial charge in [-0.25, -0.2) is 4.39 Å². The molecule has 0 aliphatic heterocycles. The summed E-state index contributed by atoms with van der Waals surface area (Å²) in [5.41, 5.74) is 1.51. The highest BCUT2D eigenvalue weighted by Crippen LogP contribution is 2.13. The average molecular weight is 358 g/mol. The van der Waals surface area contributed by atoms with Crippen molar-refractivity contribution in [3.05, 3.63) is 59.9 Å². The van der Waals surface area contributed by atoms with E-state index in [1.165, 1.54) is 24.3 Å². The lowest BCUT2D eigenvalue weighted by atomic mass is 10.0. The fraction of sp³-hybridized carbons (Fsp3) is 0.300. The predicted octanol–water partition coefficient (Wildman–Crippen LogP) is 3.51. The quantitative estimate of drug-likeness (QED) is 0.759. The number of methoxy groups -OCH3 is 1. The number of halogens is 1. The maximum Gasteiger partial charge on any atom is 0.224 e. The maximum absolute atomic E-state index is 12.8. The molecule has 0 unspecified atom stereocenters. The highest BCUT2D eigenvalue weighted by atomic mass is 19.1. The van der Waals surface area contributed by atoms with Crippen LogP contribution in [0.3, 0.4) is 0 Å². The van der Waals surface area contributed by atoms with Gasteiger partial charge in [-0.2, -0.15) is 0 Å². The lowest BCUT2D eigenvalue weighted by Gasteiger charge is -2.12. The predicted molar refractivity (Wildman–Crippen MR) is 98.3 cm³/mol. The van der Waals surface area contributed by atoms with E-state index in [1.807, 2.05) is 31.2 Å². The molecule has 26 heavy (non-hydrogen) atoms. The molecular formula is C20H23FN2O3. The van der Waals surface area contributed by atoms with E-state index in [9.17, 15) is 14.0 Å². The first-order chi connectivity index (χ1) is 12.5. The van der Waals surface area contributed by atoms with Crippen LogP contribution in [-0.2, 0) is 16.1 Å². The monoisotopic (exact) mass is 358 g/mol. The van der Waals surface area contributed by atoms with Gasteiger partial charge in [0.25, 0.3) is 0 Å². The molecular weight excluding hydrogens is 335 g/mol. The van der Waals surface area contributed by atoms with E-state index < -0.39 is 0 Å². The largest absolute Gasteiger partial charge is 0.497 e. The van der Waals surface area contributed by atoms with Crippen LogP contribution in [0.15, 0.2) is 48.5 Å². The van der Waals surface area contributed by atoms with Crippen molar-refractivity contribution in [2.24, 2.45) is 5.92 Å². The number of ether oxygens (including phenoxy) is 1. The van der Waals surface area contributed by atoms with Crippen molar-refractivity contribution in [2.45, 2.75) is 26.3 Å². The third-order valence-electron chi connectivity index (χ3n) is 3.84. The number of anilines is 1. The van der Waals surface area contributed by atoms with Gasteiger partial charge in [-0.1, -0.05) is 19.1 Å². The van der Waals surface area contributed by atoms with Crippen molar-refractivity contribution < 1.29 is 18.7 Å². The molecule has 0 spiro atoms. The lowest BCUT2D eigenvalue weighted by Crippen LogP contribution is -2.26. The summed E-state index contributed by atoms with van der Waals surface area (Å²) in [6.07, 6.45) is 0.473. The topological polar surface area (TPSA) is 67.4 Å². The molecule has 2 rings (SSSR count). The van der Waals surface area contributed by atoms with Crippen molar-refractivity contribution in [3.63, 3.8) is 0 Å². The minimum Gasteiger partial charge on any atom is -0.497 e. The first kappa shape index (κ1) is 19.4. The van der Waals surface area contributed by atoms with E-state index in [-0.39, 0.29) is 36.4 Å². The van der Waals surface area contributed by atoms with Crippen molar-refractivity contribution in [3.8, 4) is 5.75 Å². The average Bonchev–Trinajstić information content (AvgIpc) is 2.62.